The lowest BCUT2D eigenvalue weighted by Gasteiger charge is -2.38. The predicted molar refractivity (Wildman–Crippen MR) is 93.4 cm³/mol. The lowest BCUT2D eigenvalue weighted by molar-refractivity contribution is -0.132. The summed E-state index contributed by atoms with van der Waals surface area (Å²) in [6.45, 7) is 2.00. The molecule has 0 spiro atoms. The molecule has 0 saturated carbocycles. The summed E-state index contributed by atoms with van der Waals surface area (Å²) in [5, 5.41) is 3.20. The molecule has 1 aromatic carbocycles. The van der Waals surface area contributed by atoms with E-state index in [1.54, 1.807) is 0 Å². The van der Waals surface area contributed by atoms with Gasteiger partial charge in [0.2, 0.25) is 5.91 Å². The number of hydrogen-bond donors (Lipinski definition) is 1. The molecule has 0 aliphatic carbocycles. The standard InChI is InChI=1S/C16H21FN2O4S.ClH/c1-24(21,22)11-4-5-14(12(17)9-11)23-15-10-18-7-6-13(15)19-8-2-3-16(19)20;/h4-5,9,13,15,18H,2-3,6-8,10H2,1H3;1H/t13?,15-;/m1./s1. The fourth-order valence-corrected chi connectivity index (χ4v) is 3.92. The average Bonchev–Trinajstić information content (AvgIpc) is 2.95. The summed E-state index contributed by atoms with van der Waals surface area (Å²) in [7, 11) is -3.47. The molecule has 1 amide bonds. The molecular weight excluding hydrogens is 371 g/mol. The molecule has 0 bridgehead atoms. The lowest BCUT2D eigenvalue weighted by atomic mass is 10.0. The van der Waals surface area contributed by atoms with Crippen molar-refractivity contribution in [2.24, 2.45) is 0 Å². The number of benzene rings is 1. The number of nitrogens with zero attached hydrogens (tertiary/aromatic N) is 1. The zero-order valence-electron chi connectivity index (χ0n) is 13.9. The fourth-order valence-electron chi connectivity index (χ4n) is 3.28. The van der Waals surface area contributed by atoms with Gasteiger partial charge in [0.25, 0.3) is 0 Å². The number of nitrogens with one attached hydrogen (secondary N) is 1. The normalized spacial score (nSPS) is 24.1. The van der Waals surface area contributed by atoms with Gasteiger partial charge in [-0.1, -0.05) is 0 Å². The van der Waals surface area contributed by atoms with Gasteiger partial charge >= 0.3 is 0 Å². The molecule has 0 aromatic heterocycles. The minimum Gasteiger partial charge on any atom is -0.484 e. The zero-order chi connectivity index (χ0) is 17.3. The van der Waals surface area contributed by atoms with Gasteiger partial charge < -0.3 is 15.0 Å². The molecule has 6 nitrogen and oxygen atoms in total. The summed E-state index contributed by atoms with van der Waals surface area (Å²) in [6.07, 6.45) is 2.81. The van der Waals surface area contributed by atoms with Crippen LogP contribution in [-0.2, 0) is 14.6 Å². The first-order valence-corrected chi connectivity index (χ1v) is 9.92. The van der Waals surface area contributed by atoms with Crippen LogP contribution in [0.1, 0.15) is 19.3 Å². The number of likely N-dealkylation sites (tertiary alicyclic amines) is 1. The first-order valence-electron chi connectivity index (χ1n) is 8.03. The number of amides is 1. The summed E-state index contributed by atoms with van der Waals surface area (Å²) in [5.41, 5.74) is 0. The first-order chi connectivity index (χ1) is 11.4. The molecule has 2 aliphatic rings. The third-order valence-corrected chi connectivity index (χ3v) is 5.62. The van der Waals surface area contributed by atoms with Gasteiger partial charge in [-0.05, 0) is 37.6 Å². The first kappa shape index (κ1) is 19.9. The van der Waals surface area contributed by atoms with Crippen molar-refractivity contribution in [1.29, 1.82) is 0 Å². The number of carbonyl (C=O) groups is 1. The third-order valence-electron chi connectivity index (χ3n) is 4.51. The second-order valence-corrected chi connectivity index (χ2v) is 8.29. The van der Waals surface area contributed by atoms with E-state index in [-0.39, 0.29) is 41.1 Å². The van der Waals surface area contributed by atoms with Crippen molar-refractivity contribution < 1.29 is 22.3 Å². The Balaban J connectivity index is 0.00000225. The molecular formula is C16H22ClFN2O4S. The van der Waals surface area contributed by atoms with Crippen molar-refractivity contribution in [1.82, 2.24) is 10.2 Å². The number of halogens is 2. The minimum atomic E-state index is -3.47. The van der Waals surface area contributed by atoms with Gasteiger partial charge in [-0.15, -0.1) is 12.4 Å². The van der Waals surface area contributed by atoms with Crippen LogP contribution in [0, 0.1) is 5.82 Å². The topological polar surface area (TPSA) is 75.7 Å². The lowest BCUT2D eigenvalue weighted by Crippen LogP contribution is -2.55. The molecule has 140 valence electrons. The Bertz CT molecular complexity index is 744. The van der Waals surface area contributed by atoms with E-state index >= 15 is 0 Å². The highest BCUT2D eigenvalue weighted by molar-refractivity contribution is 7.90. The van der Waals surface area contributed by atoms with Crippen LogP contribution in [0.2, 0.25) is 0 Å². The van der Waals surface area contributed by atoms with Crippen molar-refractivity contribution in [2.75, 3.05) is 25.9 Å². The molecule has 9 heteroatoms. The van der Waals surface area contributed by atoms with Crippen molar-refractivity contribution in [3.05, 3.63) is 24.0 Å². The molecule has 3 rings (SSSR count). The monoisotopic (exact) mass is 392 g/mol. The summed E-state index contributed by atoms with van der Waals surface area (Å²) in [4.78, 5) is 13.7. The number of carbonyl (C=O) groups excluding carboxylic acids is 1. The second kappa shape index (κ2) is 7.88. The summed E-state index contributed by atoms with van der Waals surface area (Å²) in [5.74, 6) is -0.592. The summed E-state index contributed by atoms with van der Waals surface area (Å²) >= 11 is 0. The summed E-state index contributed by atoms with van der Waals surface area (Å²) < 4.78 is 43.0. The van der Waals surface area contributed by atoms with Gasteiger partial charge in [0, 0.05) is 25.8 Å². The highest BCUT2D eigenvalue weighted by Gasteiger charge is 2.36. The van der Waals surface area contributed by atoms with Crippen LogP contribution in [0.15, 0.2) is 23.1 Å². The fraction of sp³-hybridized carbons (Fsp3) is 0.562. The van der Waals surface area contributed by atoms with E-state index < -0.39 is 15.7 Å². The van der Waals surface area contributed by atoms with Crippen LogP contribution in [-0.4, -0.2) is 57.3 Å². The Morgan fingerprint density at radius 1 is 1.36 bits per heavy atom. The number of sulfone groups is 1. The molecule has 2 heterocycles. The van der Waals surface area contributed by atoms with Gasteiger partial charge in [-0.2, -0.15) is 0 Å². The minimum absolute atomic E-state index is 0. The molecule has 2 saturated heterocycles. The van der Waals surface area contributed by atoms with Crippen LogP contribution < -0.4 is 10.1 Å². The van der Waals surface area contributed by atoms with E-state index in [4.69, 9.17) is 4.74 Å². The SMILES string of the molecule is CS(=O)(=O)c1ccc(O[C@@H]2CNCCC2N2CCCC2=O)c(F)c1.Cl. The van der Waals surface area contributed by atoms with E-state index in [0.717, 1.165) is 31.7 Å². The van der Waals surface area contributed by atoms with Crippen LogP contribution in [0.5, 0.6) is 5.75 Å². The van der Waals surface area contributed by atoms with Gasteiger partial charge in [-0.3, -0.25) is 4.79 Å². The van der Waals surface area contributed by atoms with Crippen molar-refractivity contribution in [3.63, 3.8) is 0 Å². The Hall–Kier alpha value is -1.38. The van der Waals surface area contributed by atoms with E-state index in [1.807, 2.05) is 4.90 Å². The van der Waals surface area contributed by atoms with Crippen LogP contribution in [0.4, 0.5) is 4.39 Å². The molecule has 0 radical (unpaired) electrons. The van der Waals surface area contributed by atoms with Gasteiger partial charge in [0.15, 0.2) is 21.4 Å². The second-order valence-electron chi connectivity index (χ2n) is 6.27. The Labute approximate surface area is 153 Å². The number of hydrogen-bond acceptors (Lipinski definition) is 5. The highest BCUT2D eigenvalue weighted by atomic mass is 35.5. The van der Waals surface area contributed by atoms with Crippen LogP contribution in [0.25, 0.3) is 0 Å². The zero-order valence-corrected chi connectivity index (χ0v) is 15.5. The third kappa shape index (κ3) is 4.43. The quantitative estimate of drug-likeness (QED) is 0.837. The van der Waals surface area contributed by atoms with Crippen molar-refractivity contribution in [2.45, 2.75) is 36.3 Å². The molecule has 1 aromatic rings. The molecule has 2 atom stereocenters. The van der Waals surface area contributed by atoms with E-state index in [9.17, 15) is 17.6 Å². The van der Waals surface area contributed by atoms with Crippen molar-refractivity contribution in [3.8, 4) is 5.75 Å². The molecule has 1 N–H and O–H groups in total. The maximum atomic E-state index is 14.2. The van der Waals surface area contributed by atoms with Crippen LogP contribution >= 0.6 is 12.4 Å². The Morgan fingerprint density at radius 2 is 2.12 bits per heavy atom. The van der Waals surface area contributed by atoms with Crippen molar-refractivity contribution >= 4 is 28.2 Å². The molecule has 2 aliphatic heterocycles. The van der Waals surface area contributed by atoms with Crippen LogP contribution in [0.3, 0.4) is 0 Å². The number of rotatable bonds is 4. The molecule has 25 heavy (non-hydrogen) atoms. The maximum absolute atomic E-state index is 14.2. The Kier molecular flexibility index (Phi) is 6.29. The molecule has 1 unspecified atom stereocenters. The average molecular weight is 393 g/mol. The predicted octanol–water partition coefficient (Wildman–Crippen LogP) is 1.38. The van der Waals surface area contributed by atoms with E-state index in [2.05, 4.69) is 5.32 Å². The number of piperidine rings is 1. The maximum Gasteiger partial charge on any atom is 0.223 e. The highest BCUT2D eigenvalue weighted by Crippen LogP contribution is 2.26. The number of ether oxygens (including phenoxy) is 1. The summed E-state index contributed by atoms with van der Waals surface area (Å²) in [6, 6.07) is 3.55. The van der Waals surface area contributed by atoms with Gasteiger partial charge in [0.1, 0.15) is 6.10 Å². The van der Waals surface area contributed by atoms with E-state index in [0.29, 0.717) is 19.5 Å². The van der Waals surface area contributed by atoms with E-state index in [1.165, 1.54) is 12.1 Å². The largest absolute Gasteiger partial charge is 0.484 e. The van der Waals surface area contributed by atoms with Gasteiger partial charge in [-0.25, -0.2) is 12.8 Å². The smallest absolute Gasteiger partial charge is 0.223 e. The molecule has 2 fully saturated rings. The van der Waals surface area contributed by atoms with Gasteiger partial charge in [0.05, 0.1) is 10.9 Å². The Morgan fingerprint density at radius 3 is 2.72 bits per heavy atom.